The predicted octanol–water partition coefficient (Wildman–Crippen LogP) is 1.10. The molecule has 0 aromatic carbocycles. The van der Waals surface area contributed by atoms with Crippen molar-refractivity contribution in [3.05, 3.63) is 12.3 Å². The first kappa shape index (κ1) is 9.99. The molecule has 2 heterocycles. The van der Waals surface area contributed by atoms with Gasteiger partial charge in [-0.2, -0.15) is 0 Å². The van der Waals surface area contributed by atoms with Crippen LogP contribution in [0.5, 0.6) is 0 Å². The van der Waals surface area contributed by atoms with Crippen LogP contribution in [0.15, 0.2) is 12.3 Å². The Balaban J connectivity index is 2.15. The molecule has 0 amide bonds. The van der Waals surface area contributed by atoms with Gasteiger partial charge in [0.25, 0.3) is 0 Å². The van der Waals surface area contributed by atoms with Crippen molar-refractivity contribution in [2.45, 2.75) is 31.2 Å². The zero-order valence-electron chi connectivity index (χ0n) is 8.80. The lowest BCUT2D eigenvalue weighted by molar-refractivity contribution is 0.0000617. The standard InChI is InChI=1S/C11H20N2O/c1-10(12)11(4-8-14-9-5-11)13-6-2-3-7-13/h1-9,12H2. The van der Waals surface area contributed by atoms with Crippen molar-refractivity contribution in [3.63, 3.8) is 0 Å². The number of likely N-dealkylation sites (tertiary alicyclic amines) is 1. The molecule has 2 saturated heterocycles. The third-order valence-corrected chi connectivity index (χ3v) is 3.63. The maximum Gasteiger partial charge on any atom is 0.0643 e. The van der Waals surface area contributed by atoms with Crippen LogP contribution in [0.4, 0.5) is 0 Å². The number of hydrogen-bond acceptors (Lipinski definition) is 3. The van der Waals surface area contributed by atoms with E-state index in [-0.39, 0.29) is 5.54 Å². The fourth-order valence-corrected chi connectivity index (χ4v) is 2.69. The van der Waals surface area contributed by atoms with E-state index in [4.69, 9.17) is 10.5 Å². The second kappa shape index (κ2) is 3.91. The second-order valence-corrected chi connectivity index (χ2v) is 4.36. The Morgan fingerprint density at radius 3 is 2.29 bits per heavy atom. The first-order valence-electron chi connectivity index (χ1n) is 5.53. The lowest BCUT2D eigenvalue weighted by atomic mass is 9.85. The summed E-state index contributed by atoms with van der Waals surface area (Å²) >= 11 is 0. The highest BCUT2D eigenvalue weighted by Crippen LogP contribution is 2.34. The van der Waals surface area contributed by atoms with E-state index in [9.17, 15) is 0 Å². The number of nitrogens with zero attached hydrogens (tertiary/aromatic N) is 1. The predicted molar refractivity (Wildman–Crippen MR) is 56.9 cm³/mol. The molecule has 2 aliphatic rings. The third-order valence-electron chi connectivity index (χ3n) is 3.63. The van der Waals surface area contributed by atoms with Crippen LogP contribution in [0, 0.1) is 0 Å². The highest BCUT2D eigenvalue weighted by atomic mass is 16.5. The van der Waals surface area contributed by atoms with Crippen LogP contribution in [0.1, 0.15) is 25.7 Å². The second-order valence-electron chi connectivity index (χ2n) is 4.36. The molecule has 2 aliphatic heterocycles. The molecule has 0 aromatic heterocycles. The Kier molecular flexibility index (Phi) is 2.79. The van der Waals surface area contributed by atoms with Crippen molar-refractivity contribution >= 4 is 0 Å². The molecule has 14 heavy (non-hydrogen) atoms. The maximum atomic E-state index is 5.99. The molecule has 2 rings (SSSR count). The van der Waals surface area contributed by atoms with Crippen LogP contribution < -0.4 is 5.73 Å². The third kappa shape index (κ3) is 1.55. The monoisotopic (exact) mass is 196 g/mol. The molecular formula is C11H20N2O. The molecule has 2 fully saturated rings. The Hall–Kier alpha value is -0.540. The molecule has 0 unspecified atom stereocenters. The average Bonchev–Trinajstić information content (AvgIpc) is 2.72. The van der Waals surface area contributed by atoms with Crippen LogP contribution in [-0.2, 0) is 4.74 Å². The Morgan fingerprint density at radius 2 is 1.79 bits per heavy atom. The number of nitrogens with two attached hydrogens (primary N) is 1. The van der Waals surface area contributed by atoms with Crippen LogP contribution in [-0.4, -0.2) is 36.7 Å². The van der Waals surface area contributed by atoms with E-state index in [2.05, 4.69) is 11.5 Å². The van der Waals surface area contributed by atoms with Gasteiger partial charge in [0.05, 0.1) is 5.54 Å². The van der Waals surface area contributed by atoms with Gasteiger partial charge in [-0.3, -0.25) is 4.90 Å². The van der Waals surface area contributed by atoms with Gasteiger partial charge in [-0.1, -0.05) is 6.58 Å². The van der Waals surface area contributed by atoms with E-state index in [1.165, 1.54) is 25.9 Å². The molecular weight excluding hydrogens is 176 g/mol. The minimum atomic E-state index is 0.0503. The Bertz CT molecular complexity index is 215. The summed E-state index contributed by atoms with van der Waals surface area (Å²) in [5.74, 6) is 0. The molecule has 0 aliphatic carbocycles. The molecule has 0 bridgehead atoms. The van der Waals surface area contributed by atoms with E-state index in [1.807, 2.05) is 0 Å². The van der Waals surface area contributed by atoms with Crippen LogP contribution in [0.2, 0.25) is 0 Å². The summed E-state index contributed by atoms with van der Waals surface area (Å²) < 4.78 is 5.41. The van der Waals surface area contributed by atoms with Gasteiger partial charge < -0.3 is 10.5 Å². The summed E-state index contributed by atoms with van der Waals surface area (Å²) in [5, 5.41) is 0. The first-order chi connectivity index (χ1) is 6.76. The lowest BCUT2D eigenvalue weighted by Crippen LogP contribution is -2.54. The summed E-state index contributed by atoms with van der Waals surface area (Å²) in [6.45, 7) is 7.98. The largest absolute Gasteiger partial charge is 0.401 e. The van der Waals surface area contributed by atoms with Crippen molar-refractivity contribution in [1.82, 2.24) is 4.90 Å². The average molecular weight is 196 g/mol. The molecule has 0 atom stereocenters. The number of hydrogen-bond donors (Lipinski definition) is 1. The van der Waals surface area contributed by atoms with E-state index in [1.54, 1.807) is 0 Å². The summed E-state index contributed by atoms with van der Waals surface area (Å²) in [6.07, 6.45) is 4.64. The quantitative estimate of drug-likeness (QED) is 0.719. The summed E-state index contributed by atoms with van der Waals surface area (Å²) in [6, 6.07) is 0. The maximum absolute atomic E-state index is 5.99. The zero-order valence-corrected chi connectivity index (χ0v) is 8.80. The van der Waals surface area contributed by atoms with E-state index in [0.717, 1.165) is 31.8 Å². The fourth-order valence-electron chi connectivity index (χ4n) is 2.69. The van der Waals surface area contributed by atoms with Crippen molar-refractivity contribution in [2.75, 3.05) is 26.3 Å². The summed E-state index contributed by atoms with van der Waals surface area (Å²) in [4.78, 5) is 2.51. The van der Waals surface area contributed by atoms with Gasteiger partial charge in [0.2, 0.25) is 0 Å². The molecule has 80 valence electrons. The van der Waals surface area contributed by atoms with Gasteiger partial charge in [0.15, 0.2) is 0 Å². The Morgan fingerprint density at radius 1 is 1.21 bits per heavy atom. The molecule has 0 aromatic rings. The van der Waals surface area contributed by atoms with Crippen LogP contribution >= 0.6 is 0 Å². The smallest absolute Gasteiger partial charge is 0.0643 e. The van der Waals surface area contributed by atoms with Gasteiger partial charge in [-0.25, -0.2) is 0 Å². The first-order valence-corrected chi connectivity index (χ1v) is 5.53. The fraction of sp³-hybridized carbons (Fsp3) is 0.818. The van der Waals surface area contributed by atoms with E-state index < -0.39 is 0 Å². The van der Waals surface area contributed by atoms with Crippen LogP contribution in [0.3, 0.4) is 0 Å². The van der Waals surface area contributed by atoms with E-state index >= 15 is 0 Å². The van der Waals surface area contributed by atoms with Gasteiger partial charge in [-0.05, 0) is 38.8 Å². The van der Waals surface area contributed by atoms with Gasteiger partial charge in [0, 0.05) is 18.9 Å². The Labute approximate surface area is 85.9 Å². The molecule has 2 N–H and O–H groups in total. The summed E-state index contributed by atoms with van der Waals surface area (Å²) in [7, 11) is 0. The minimum absolute atomic E-state index is 0.0503. The molecule has 0 radical (unpaired) electrons. The minimum Gasteiger partial charge on any atom is -0.401 e. The van der Waals surface area contributed by atoms with Crippen LogP contribution in [0.25, 0.3) is 0 Å². The number of rotatable bonds is 2. The molecule has 0 saturated carbocycles. The SMILES string of the molecule is C=C(N)C1(N2CCCC2)CCOCC1. The van der Waals surface area contributed by atoms with Crippen molar-refractivity contribution < 1.29 is 4.74 Å². The highest BCUT2D eigenvalue weighted by Gasteiger charge is 2.40. The van der Waals surface area contributed by atoms with E-state index in [0.29, 0.717) is 0 Å². The van der Waals surface area contributed by atoms with Crippen molar-refractivity contribution in [2.24, 2.45) is 5.73 Å². The zero-order chi connectivity index (χ0) is 10.0. The summed E-state index contributed by atoms with van der Waals surface area (Å²) in [5.41, 5.74) is 6.88. The topological polar surface area (TPSA) is 38.5 Å². The lowest BCUT2D eigenvalue weighted by Gasteiger charge is -2.44. The van der Waals surface area contributed by atoms with Gasteiger partial charge in [-0.15, -0.1) is 0 Å². The van der Waals surface area contributed by atoms with Gasteiger partial charge >= 0.3 is 0 Å². The number of ether oxygens (including phenoxy) is 1. The molecule has 3 nitrogen and oxygen atoms in total. The molecule has 3 heteroatoms. The molecule has 0 spiro atoms. The normalized spacial score (nSPS) is 27.7. The van der Waals surface area contributed by atoms with Crippen molar-refractivity contribution in [3.8, 4) is 0 Å². The van der Waals surface area contributed by atoms with Gasteiger partial charge in [0.1, 0.15) is 0 Å². The highest BCUT2D eigenvalue weighted by molar-refractivity contribution is 5.15. The van der Waals surface area contributed by atoms with Crippen molar-refractivity contribution in [1.29, 1.82) is 0 Å².